The number of hydrogen-bond acceptors (Lipinski definition) is 4. The zero-order valence-corrected chi connectivity index (χ0v) is 23.7. The molecule has 0 aliphatic carbocycles. The van der Waals surface area contributed by atoms with Crippen LogP contribution >= 0.6 is 28.1 Å². The van der Waals surface area contributed by atoms with Crippen molar-refractivity contribution in [1.29, 1.82) is 0 Å². The van der Waals surface area contributed by atoms with E-state index in [4.69, 9.17) is 16.6 Å². The molecular weight excluding hydrogens is 560 g/mol. The van der Waals surface area contributed by atoms with Crippen molar-refractivity contribution in [2.75, 3.05) is 11.9 Å². The second kappa shape index (κ2) is 11.5. The molecule has 2 atom stereocenters. The van der Waals surface area contributed by atoms with Gasteiger partial charge in [-0.05, 0) is 79.2 Å². The first-order valence-electron chi connectivity index (χ1n) is 12.7. The standard InChI is InChI=1S/C30H29BrN4O2S/c1-3-20-8-4-5-9-23(20)33-27(36)15-17-35-29(28(34-30(35)38)24-10-6-7-16-32-24)26-14-13-25(37-26)21-12-11-19(2)18-22(21)31/h4-14,16,18,28-29H,3,15,17H2,1-2H3,(H,33,36)(H,34,38)/t28-,29-/m1/s1. The smallest absolute Gasteiger partial charge is 0.226 e. The van der Waals surface area contributed by atoms with Crippen LogP contribution in [0.2, 0.25) is 0 Å². The zero-order chi connectivity index (χ0) is 26.6. The molecular formula is C30H29BrN4O2S. The number of aromatic nitrogens is 1. The highest BCUT2D eigenvalue weighted by Gasteiger charge is 2.41. The van der Waals surface area contributed by atoms with E-state index in [1.54, 1.807) is 6.20 Å². The molecule has 0 saturated carbocycles. The third-order valence-corrected chi connectivity index (χ3v) is 7.77. The molecule has 0 radical (unpaired) electrons. The number of benzene rings is 2. The van der Waals surface area contributed by atoms with Crippen molar-refractivity contribution in [2.24, 2.45) is 0 Å². The predicted molar refractivity (Wildman–Crippen MR) is 158 cm³/mol. The van der Waals surface area contributed by atoms with Crippen molar-refractivity contribution in [3.05, 3.63) is 106 Å². The van der Waals surface area contributed by atoms with Crippen LogP contribution < -0.4 is 10.6 Å². The largest absolute Gasteiger partial charge is 0.459 e. The summed E-state index contributed by atoms with van der Waals surface area (Å²) in [5.74, 6) is 1.46. The molecule has 1 saturated heterocycles. The number of thiocarbonyl (C=S) groups is 1. The van der Waals surface area contributed by atoms with E-state index in [1.165, 1.54) is 5.56 Å². The minimum absolute atomic E-state index is 0.0579. The van der Waals surface area contributed by atoms with Crippen LogP contribution in [0.1, 0.15) is 48.0 Å². The number of halogens is 1. The maximum absolute atomic E-state index is 13.0. The summed E-state index contributed by atoms with van der Waals surface area (Å²) in [4.78, 5) is 19.6. The monoisotopic (exact) mass is 588 g/mol. The molecule has 6 nitrogen and oxygen atoms in total. The highest BCUT2D eigenvalue weighted by Crippen LogP contribution is 2.41. The fourth-order valence-electron chi connectivity index (χ4n) is 4.82. The molecule has 0 unspecified atom stereocenters. The maximum Gasteiger partial charge on any atom is 0.226 e. The quantitative estimate of drug-likeness (QED) is 0.216. The molecule has 194 valence electrons. The van der Waals surface area contributed by atoms with Gasteiger partial charge in [-0.1, -0.05) is 53.2 Å². The number of rotatable bonds is 8. The van der Waals surface area contributed by atoms with E-state index in [0.29, 0.717) is 11.7 Å². The van der Waals surface area contributed by atoms with E-state index < -0.39 is 0 Å². The van der Waals surface area contributed by atoms with Gasteiger partial charge >= 0.3 is 0 Å². The van der Waals surface area contributed by atoms with Gasteiger partial charge in [0.2, 0.25) is 5.91 Å². The maximum atomic E-state index is 13.0. The van der Waals surface area contributed by atoms with E-state index in [9.17, 15) is 4.79 Å². The second-order valence-electron chi connectivity index (χ2n) is 9.31. The number of nitrogens with zero attached hydrogens (tertiary/aromatic N) is 2. The molecule has 1 amide bonds. The lowest BCUT2D eigenvalue weighted by Crippen LogP contribution is -2.32. The van der Waals surface area contributed by atoms with Gasteiger partial charge in [-0.25, -0.2) is 0 Å². The SMILES string of the molecule is CCc1ccccc1NC(=O)CCN1C(=S)N[C@H](c2ccccn2)[C@H]1c1ccc(-c2ccc(C)cc2Br)o1. The Morgan fingerprint density at radius 3 is 2.71 bits per heavy atom. The Labute approximate surface area is 236 Å². The fourth-order valence-corrected chi connectivity index (χ4v) is 5.84. The summed E-state index contributed by atoms with van der Waals surface area (Å²) < 4.78 is 7.41. The summed E-state index contributed by atoms with van der Waals surface area (Å²) in [7, 11) is 0. The zero-order valence-electron chi connectivity index (χ0n) is 21.3. The molecule has 3 heterocycles. The number of nitrogens with one attached hydrogen (secondary N) is 2. The highest BCUT2D eigenvalue weighted by molar-refractivity contribution is 9.10. The third kappa shape index (κ3) is 5.51. The number of para-hydroxylation sites is 1. The van der Waals surface area contributed by atoms with Crippen LogP contribution in [0, 0.1) is 6.92 Å². The molecule has 2 aromatic heterocycles. The van der Waals surface area contributed by atoms with Gasteiger partial charge in [-0.3, -0.25) is 9.78 Å². The van der Waals surface area contributed by atoms with E-state index in [2.05, 4.69) is 57.5 Å². The summed E-state index contributed by atoms with van der Waals surface area (Å²) in [5.41, 5.74) is 4.96. The average Bonchev–Trinajstić information content (AvgIpc) is 3.52. The van der Waals surface area contributed by atoms with Crippen molar-refractivity contribution in [3.63, 3.8) is 0 Å². The second-order valence-corrected chi connectivity index (χ2v) is 10.6. The van der Waals surface area contributed by atoms with E-state index >= 15 is 0 Å². The van der Waals surface area contributed by atoms with Crippen molar-refractivity contribution < 1.29 is 9.21 Å². The Balaban J connectivity index is 1.41. The molecule has 2 N–H and O–H groups in total. The van der Waals surface area contributed by atoms with Crippen molar-refractivity contribution in [3.8, 4) is 11.3 Å². The Bertz CT molecular complexity index is 1460. The number of anilines is 1. The average molecular weight is 590 g/mol. The minimum atomic E-state index is -0.258. The number of aryl methyl sites for hydroxylation is 2. The Morgan fingerprint density at radius 1 is 1.13 bits per heavy atom. The molecule has 5 rings (SSSR count). The lowest BCUT2D eigenvalue weighted by atomic mass is 10.0. The number of pyridine rings is 1. The first-order valence-corrected chi connectivity index (χ1v) is 13.9. The predicted octanol–water partition coefficient (Wildman–Crippen LogP) is 6.98. The van der Waals surface area contributed by atoms with Gasteiger partial charge < -0.3 is 20.0 Å². The molecule has 1 aliphatic heterocycles. The lowest BCUT2D eigenvalue weighted by molar-refractivity contribution is -0.116. The van der Waals surface area contributed by atoms with Crippen LogP contribution in [0.3, 0.4) is 0 Å². The summed E-state index contributed by atoms with van der Waals surface area (Å²) in [6, 6.07) is 23.4. The van der Waals surface area contributed by atoms with Gasteiger partial charge in [-0.2, -0.15) is 0 Å². The van der Waals surface area contributed by atoms with Crippen molar-refractivity contribution in [1.82, 2.24) is 15.2 Å². The summed E-state index contributed by atoms with van der Waals surface area (Å²) >= 11 is 9.42. The van der Waals surface area contributed by atoms with Crippen LogP contribution in [0.5, 0.6) is 0 Å². The molecule has 1 fully saturated rings. The third-order valence-electron chi connectivity index (χ3n) is 6.76. The van der Waals surface area contributed by atoms with Gasteiger partial charge in [0, 0.05) is 34.9 Å². The van der Waals surface area contributed by atoms with E-state index in [0.717, 1.165) is 44.9 Å². The molecule has 0 spiro atoms. The van der Waals surface area contributed by atoms with Gasteiger partial charge in [0.1, 0.15) is 17.6 Å². The first-order chi connectivity index (χ1) is 18.4. The van der Waals surface area contributed by atoms with Gasteiger partial charge in [0.25, 0.3) is 0 Å². The van der Waals surface area contributed by atoms with E-state index in [1.807, 2.05) is 65.6 Å². The van der Waals surface area contributed by atoms with Crippen molar-refractivity contribution in [2.45, 2.75) is 38.8 Å². The van der Waals surface area contributed by atoms with Crippen LogP contribution in [-0.4, -0.2) is 27.4 Å². The Hall–Kier alpha value is -3.49. The van der Waals surface area contributed by atoms with Crippen LogP contribution in [-0.2, 0) is 11.2 Å². The van der Waals surface area contributed by atoms with Gasteiger partial charge in [0.15, 0.2) is 5.11 Å². The normalized spacial score (nSPS) is 16.9. The van der Waals surface area contributed by atoms with Gasteiger partial charge in [-0.15, -0.1) is 0 Å². The number of carbonyl (C=O) groups is 1. The molecule has 8 heteroatoms. The first kappa shape index (κ1) is 26.1. The lowest BCUT2D eigenvalue weighted by Gasteiger charge is -2.26. The molecule has 2 aromatic carbocycles. The van der Waals surface area contributed by atoms with Gasteiger partial charge in [0.05, 0.1) is 11.7 Å². The minimum Gasteiger partial charge on any atom is -0.459 e. The highest BCUT2D eigenvalue weighted by atomic mass is 79.9. The molecule has 38 heavy (non-hydrogen) atoms. The topological polar surface area (TPSA) is 70.4 Å². The summed E-state index contributed by atoms with van der Waals surface area (Å²) in [6.07, 6.45) is 2.90. The molecule has 0 bridgehead atoms. The van der Waals surface area contributed by atoms with Crippen LogP contribution in [0.4, 0.5) is 5.69 Å². The fraction of sp³-hybridized carbons (Fsp3) is 0.233. The Kier molecular flexibility index (Phi) is 7.90. The van der Waals surface area contributed by atoms with Crippen molar-refractivity contribution >= 4 is 44.9 Å². The number of furan rings is 1. The Morgan fingerprint density at radius 2 is 1.95 bits per heavy atom. The number of hydrogen-bond donors (Lipinski definition) is 2. The summed E-state index contributed by atoms with van der Waals surface area (Å²) in [5, 5.41) is 7.06. The number of amides is 1. The van der Waals surface area contributed by atoms with E-state index in [-0.39, 0.29) is 24.4 Å². The summed E-state index contributed by atoms with van der Waals surface area (Å²) in [6.45, 7) is 4.57. The van der Waals surface area contributed by atoms with Crippen LogP contribution in [0.25, 0.3) is 11.3 Å². The number of carbonyl (C=O) groups excluding carboxylic acids is 1. The van der Waals surface area contributed by atoms with Crippen LogP contribution in [0.15, 0.2) is 87.9 Å². The molecule has 4 aromatic rings. The molecule has 1 aliphatic rings.